The second-order valence-corrected chi connectivity index (χ2v) is 9.56. The van der Waals surface area contributed by atoms with E-state index >= 15 is 4.39 Å². The minimum atomic E-state index is -4.81. The summed E-state index contributed by atoms with van der Waals surface area (Å²) in [5.74, 6) is -12.5. The van der Waals surface area contributed by atoms with Gasteiger partial charge in [-0.15, -0.1) is 6.58 Å². The van der Waals surface area contributed by atoms with E-state index in [1.807, 2.05) is 0 Å². The topological polar surface area (TPSA) is 27.7 Å². The molecule has 43 heavy (non-hydrogen) atoms. The van der Waals surface area contributed by atoms with Crippen LogP contribution in [0.1, 0.15) is 17.4 Å². The smallest absolute Gasteiger partial charge is 0.429 e. The van der Waals surface area contributed by atoms with Crippen LogP contribution in [0.3, 0.4) is 0 Å². The number of hydrogen-bond donors (Lipinski definition) is 0. The molecular weight excluding hydrogens is 591 g/mol. The van der Waals surface area contributed by atoms with Gasteiger partial charge >= 0.3 is 6.11 Å². The number of ether oxygens (including phenoxy) is 3. The van der Waals surface area contributed by atoms with E-state index in [1.54, 1.807) is 6.08 Å². The van der Waals surface area contributed by atoms with Crippen LogP contribution in [0.4, 0.5) is 39.5 Å². The molecule has 0 unspecified atom stereocenters. The molecule has 12 heteroatoms. The second-order valence-electron chi connectivity index (χ2n) is 9.56. The third-order valence-corrected chi connectivity index (χ3v) is 6.65. The van der Waals surface area contributed by atoms with Gasteiger partial charge in [-0.3, -0.25) is 0 Å². The normalized spacial score (nSPS) is 17.1. The van der Waals surface area contributed by atoms with Crippen LogP contribution < -0.4 is 4.74 Å². The quantitative estimate of drug-likeness (QED) is 0.119. The van der Waals surface area contributed by atoms with Crippen molar-refractivity contribution in [2.45, 2.75) is 12.4 Å². The number of hydrogen-bond acceptors (Lipinski definition) is 3. The van der Waals surface area contributed by atoms with Crippen molar-refractivity contribution in [3.63, 3.8) is 0 Å². The predicted octanol–water partition coefficient (Wildman–Crippen LogP) is 8.97. The SMILES string of the molecule is C=CC1COC(c2ccc(-c3ccc(-c4cc(F)c(C(F)(F)Oc5cc(F)c(F)c(F)c5)c(F)c4)c(F)c3)c(F)c2)OC1. The fraction of sp³-hybridized carbons (Fsp3) is 0.161. The van der Waals surface area contributed by atoms with Gasteiger partial charge in [0.15, 0.2) is 23.7 Å². The van der Waals surface area contributed by atoms with E-state index in [-0.39, 0.29) is 29.2 Å². The Kier molecular flexibility index (Phi) is 8.26. The molecule has 0 bridgehead atoms. The Morgan fingerprint density at radius 1 is 0.674 bits per heavy atom. The fourth-order valence-corrected chi connectivity index (χ4v) is 4.47. The molecule has 0 amide bonds. The summed E-state index contributed by atoms with van der Waals surface area (Å²) in [5.41, 5.74) is -2.38. The number of alkyl halides is 2. The van der Waals surface area contributed by atoms with E-state index in [1.165, 1.54) is 24.3 Å². The summed E-state index contributed by atoms with van der Waals surface area (Å²) in [7, 11) is 0. The van der Waals surface area contributed by atoms with E-state index in [9.17, 15) is 35.1 Å². The molecule has 0 aromatic heterocycles. The monoisotopic (exact) mass is 610 g/mol. The lowest BCUT2D eigenvalue weighted by atomic mass is 9.97. The van der Waals surface area contributed by atoms with Crippen LogP contribution in [0.15, 0.2) is 73.3 Å². The average molecular weight is 610 g/mol. The summed E-state index contributed by atoms with van der Waals surface area (Å²) in [6, 6.07) is 8.25. The Balaban J connectivity index is 1.39. The van der Waals surface area contributed by atoms with Crippen LogP contribution in [0.5, 0.6) is 5.75 Å². The maximum absolute atomic E-state index is 15.1. The van der Waals surface area contributed by atoms with Gasteiger partial charge < -0.3 is 14.2 Å². The van der Waals surface area contributed by atoms with Crippen molar-refractivity contribution in [1.29, 1.82) is 0 Å². The highest BCUT2D eigenvalue weighted by Gasteiger charge is 2.41. The molecule has 5 rings (SSSR count). The molecule has 0 radical (unpaired) electrons. The summed E-state index contributed by atoms with van der Waals surface area (Å²) < 4.78 is 144. The summed E-state index contributed by atoms with van der Waals surface area (Å²) in [5, 5.41) is 0. The number of benzene rings is 4. The molecule has 1 heterocycles. The van der Waals surface area contributed by atoms with Crippen molar-refractivity contribution >= 4 is 0 Å². The summed E-state index contributed by atoms with van der Waals surface area (Å²) in [4.78, 5) is 0. The van der Waals surface area contributed by atoms with Crippen molar-refractivity contribution in [1.82, 2.24) is 0 Å². The van der Waals surface area contributed by atoms with E-state index in [4.69, 9.17) is 9.47 Å². The van der Waals surface area contributed by atoms with E-state index < -0.39 is 75.6 Å². The van der Waals surface area contributed by atoms with Gasteiger partial charge in [0.1, 0.15) is 34.6 Å². The minimum absolute atomic E-state index is 0.00291. The van der Waals surface area contributed by atoms with Crippen LogP contribution in [0, 0.1) is 46.6 Å². The highest BCUT2D eigenvalue weighted by atomic mass is 19.3. The Morgan fingerprint density at radius 2 is 1.21 bits per heavy atom. The molecular formula is C31H19F9O3. The van der Waals surface area contributed by atoms with Crippen LogP contribution in [-0.2, 0) is 15.6 Å². The molecule has 1 aliphatic rings. The van der Waals surface area contributed by atoms with Crippen molar-refractivity contribution in [2.75, 3.05) is 13.2 Å². The van der Waals surface area contributed by atoms with Crippen molar-refractivity contribution in [3.8, 4) is 28.0 Å². The maximum Gasteiger partial charge on any atom is 0.432 e. The Labute approximate surface area is 238 Å². The molecule has 1 fully saturated rings. The van der Waals surface area contributed by atoms with Crippen molar-refractivity contribution < 1.29 is 53.7 Å². The van der Waals surface area contributed by atoms with Gasteiger partial charge in [0.05, 0.1) is 13.2 Å². The molecule has 4 aromatic carbocycles. The number of halogens is 9. The predicted molar refractivity (Wildman–Crippen MR) is 136 cm³/mol. The van der Waals surface area contributed by atoms with Gasteiger partial charge in [-0.05, 0) is 35.4 Å². The zero-order valence-corrected chi connectivity index (χ0v) is 21.8. The molecule has 0 aliphatic carbocycles. The van der Waals surface area contributed by atoms with Crippen molar-refractivity contribution in [2.24, 2.45) is 5.92 Å². The lowest BCUT2D eigenvalue weighted by molar-refractivity contribution is -0.197. The van der Waals surface area contributed by atoms with E-state index in [0.717, 1.165) is 12.1 Å². The first-order valence-corrected chi connectivity index (χ1v) is 12.5. The number of rotatable bonds is 7. The summed E-state index contributed by atoms with van der Waals surface area (Å²) in [6.07, 6.45) is -3.93. The molecule has 0 atom stereocenters. The lowest BCUT2D eigenvalue weighted by Gasteiger charge is -2.28. The van der Waals surface area contributed by atoms with Gasteiger partial charge in [0.2, 0.25) is 0 Å². The first-order valence-electron chi connectivity index (χ1n) is 12.5. The Bertz CT molecular complexity index is 1650. The standard InChI is InChI=1S/C31H19F9O3/c1-2-15-13-41-30(42-14-15)17-4-6-20(23(33)8-17)16-3-5-21(22(32)7-16)18-9-24(34)28(25(35)10-18)31(39,40)43-19-11-26(36)29(38)27(37)12-19/h2-12,15,30H,1,13-14H2. The van der Waals surface area contributed by atoms with Crippen LogP contribution >= 0.6 is 0 Å². The highest BCUT2D eigenvalue weighted by Crippen LogP contribution is 2.39. The molecule has 1 saturated heterocycles. The van der Waals surface area contributed by atoms with Gasteiger partial charge in [-0.1, -0.05) is 30.3 Å². The lowest BCUT2D eigenvalue weighted by Crippen LogP contribution is -2.25. The fourth-order valence-electron chi connectivity index (χ4n) is 4.47. The van der Waals surface area contributed by atoms with E-state index in [2.05, 4.69) is 11.3 Å². The first-order chi connectivity index (χ1) is 20.4. The molecule has 4 aromatic rings. The van der Waals surface area contributed by atoms with Gasteiger partial charge in [-0.2, -0.15) is 8.78 Å². The maximum atomic E-state index is 15.1. The van der Waals surface area contributed by atoms with E-state index in [0.29, 0.717) is 30.9 Å². The molecule has 3 nitrogen and oxygen atoms in total. The highest BCUT2D eigenvalue weighted by molar-refractivity contribution is 5.72. The van der Waals surface area contributed by atoms with Gasteiger partial charge in [0.25, 0.3) is 0 Å². The zero-order chi connectivity index (χ0) is 31.1. The Morgan fingerprint density at radius 3 is 1.77 bits per heavy atom. The molecule has 0 N–H and O–H groups in total. The van der Waals surface area contributed by atoms with Gasteiger partial charge in [-0.25, -0.2) is 30.7 Å². The minimum Gasteiger partial charge on any atom is -0.429 e. The van der Waals surface area contributed by atoms with Crippen LogP contribution in [0.2, 0.25) is 0 Å². The average Bonchev–Trinajstić information content (AvgIpc) is 2.95. The second kappa shape index (κ2) is 11.8. The largest absolute Gasteiger partial charge is 0.432 e. The third-order valence-electron chi connectivity index (χ3n) is 6.65. The summed E-state index contributed by atoms with van der Waals surface area (Å²) >= 11 is 0. The molecule has 0 saturated carbocycles. The molecule has 0 spiro atoms. The zero-order valence-electron chi connectivity index (χ0n) is 21.8. The molecule has 1 aliphatic heterocycles. The Hall–Kier alpha value is -4.29. The third kappa shape index (κ3) is 6.11. The first kappa shape index (κ1) is 30.2. The molecule has 224 valence electrons. The van der Waals surface area contributed by atoms with Gasteiger partial charge in [0, 0.05) is 34.7 Å². The van der Waals surface area contributed by atoms with Crippen LogP contribution in [-0.4, -0.2) is 13.2 Å². The van der Waals surface area contributed by atoms with Crippen molar-refractivity contribution in [3.05, 3.63) is 125 Å². The summed E-state index contributed by atoms with van der Waals surface area (Å²) in [6.45, 7) is 4.34. The van der Waals surface area contributed by atoms with Crippen LogP contribution in [0.25, 0.3) is 22.3 Å².